The van der Waals surface area contributed by atoms with Crippen LogP contribution in [0.3, 0.4) is 0 Å². The lowest BCUT2D eigenvalue weighted by molar-refractivity contribution is 0.789. The van der Waals surface area contributed by atoms with E-state index in [-0.39, 0.29) is 5.95 Å². The third-order valence-electron chi connectivity index (χ3n) is 2.26. The second-order valence-electron chi connectivity index (χ2n) is 3.44. The fraction of sp³-hybridized carbons (Fsp3) is 0.111. The number of aromatic nitrogens is 6. The molecular formula is C9H9N7S. The Bertz CT molecular complexity index is 671. The van der Waals surface area contributed by atoms with E-state index in [1.54, 1.807) is 12.4 Å². The van der Waals surface area contributed by atoms with Crippen molar-refractivity contribution in [2.45, 2.75) is 10.2 Å². The first kappa shape index (κ1) is 10.1. The van der Waals surface area contributed by atoms with Crippen molar-refractivity contribution in [2.24, 2.45) is 7.05 Å². The zero-order valence-electron chi connectivity index (χ0n) is 8.95. The molecule has 8 heteroatoms. The Labute approximate surface area is 100 Å². The van der Waals surface area contributed by atoms with Gasteiger partial charge in [0, 0.05) is 19.4 Å². The molecule has 0 fully saturated rings. The molecule has 0 aromatic carbocycles. The lowest BCUT2D eigenvalue weighted by atomic mass is 10.4. The lowest BCUT2D eigenvalue weighted by Gasteiger charge is -2.02. The summed E-state index contributed by atoms with van der Waals surface area (Å²) >= 11 is 1.43. The largest absolute Gasteiger partial charge is 0.368 e. The summed E-state index contributed by atoms with van der Waals surface area (Å²) in [6.45, 7) is 0. The summed E-state index contributed by atoms with van der Waals surface area (Å²) in [5.41, 5.74) is 6.27. The monoisotopic (exact) mass is 247 g/mol. The second kappa shape index (κ2) is 3.74. The van der Waals surface area contributed by atoms with Gasteiger partial charge in [-0.3, -0.25) is 5.10 Å². The van der Waals surface area contributed by atoms with E-state index in [1.807, 2.05) is 17.8 Å². The van der Waals surface area contributed by atoms with Crippen molar-refractivity contribution >= 4 is 28.7 Å². The van der Waals surface area contributed by atoms with Crippen LogP contribution in [-0.2, 0) is 7.05 Å². The van der Waals surface area contributed by atoms with Crippen LogP contribution in [0.1, 0.15) is 0 Å². The molecule has 0 unspecified atom stereocenters. The van der Waals surface area contributed by atoms with Crippen molar-refractivity contribution in [3.8, 4) is 0 Å². The molecule has 17 heavy (non-hydrogen) atoms. The first-order chi connectivity index (χ1) is 8.24. The van der Waals surface area contributed by atoms with E-state index in [9.17, 15) is 0 Å². The van der Waals surface area contributed by atoms with Crippen molar-refractivity contribution in [2.75, 3.05) is 5.73 Å². The van der Waals surface area contributed by atoms with Gasteiger partial charge in [0.1, 0.15) is 5.03 Å². The highest BCUT2D eigenvalue weighted by Gasteiger charge is 2.11. The molecule has 0 atom stereocenters. The van der Waals surface area contributed by atoms with Crippen LogP contribution in [0.5, 0.6) is 0 Å². The summed E-state index contributed by atoms with van der Waals surface area (Å²) < 4.78 is 1.91. The van der Waals surface area contributed by atoms with Crippen LogP contribution >= 0.6 is 11.8 Å². The second-order valence-corrected chi connectivity index (χ2v) is 4.40. The van der Waals surface area contributed by atoms with Gasteiger partial charge in [0.05, 0.1) is 11.6 Å². The molecule has 0 radical (unpaired) electrons. The lowest BCUT2D eigenvalue weighted by Crippen LogP contribution is -1.97. The minimum Gasteiger partial charge on any atom is -0.368 e. The predicted octanol–water partition coefficient (Wildman–Crippen LogP) is 0.820. The quantitative estimate of drug-likeness (QED) is 0.650. The van der Waals surface area contributed by atoms with Gasteiger partial charge in [0.25, 0.3) is 0 Å². The number of aryl methyl sites for hydroxylation is 1. The number of nitrogens with one attached hydrogen (secondary N) is 1. The van der Waals surface area contributed by atoms with Crippen LogP contribution in [0.4, 0.5) is 5.95 Å². The number of anilines is 1. The number of hydrogen-bond donors (Lipinski definition) is 2. The maximum atomic E-state index is 5.64. The van der Waals surface area contributed by atoms with E-state index in [1.165, 1.54) is 11.8 Å². The number of imidazole rings is 1. The zero-order valence-corrected chi connectivity index (χ0v) is 9.77. The third-order valence-corrected chi connectivity index (χ3v) is 3.34. The number of H-pyrrole nitrogens is 1. The summed E-state index contributed by atoms with van der Waals surface area (Å²) in [5, 5.41) is 9.13. The molecule has 3 aromatic heterocycles. The highest BCUT2D eigenvalue weighted by molar-refractivity contribution is 7.99. The number of nitrogen functional groups attached to an aromatic ring is 1. The van der Waals surface area contributed by atoms with Gasteiger partial charge in [0.2, 0.25) is 5.95 Å². The van der Waals surface area contributed by atoms with Crippen LogP contribution in [-0.4, -0.2) is 29.7 Å². The molecule has 7 nitrogen and oxygen atoms in total. The number of nitrogens with two attached hydrogens (primary N) is 1. The van der Waals surface area contributed by atoms with Crippen molar-refractivity contribution in [3.63, 3.8) is 0 Å². The van der Waals surface area contributed by atoms with E-state index >= 15 is 0 Å². The van der Waals surface area contributed by atoms with Crippen LogP contribution in [0.2, 0.25) is 0 Å². The van der Waals surface area contributed by atoms with Crippen molar-refractivity contribution in [3.05, 3.63) is 18.6 Å². The average Bonchev–Trinajstić information content (AvgIpc) is 2.88. The molecule has 0 saturated carbocycles. The summed E-state index contributed by atoms with van der Waals surface area (Å²) in [6.07, 6.45) is 5.29. The van der Waals surface area contributed by atoms with Gasteiger partial charge in [-0.2, -0.15) is 10.1 Å². The molecule has 0 saturated heterocycles. The van der Waals surface area contributed by atoms with Gasteiger partial charge in [0.15, 0.2) is 10.8 Å². The molecular weight excluding hydrogens is 238 g/mol. The molecule has 0 spiro atoms. The summed E-state index contributed by atoms with van der Waals surface area (Å²) in [4.78, 5) is 12.5. The fourth-order valence-corrected chi connectivity index (χ4v) is 2.33. The molecule has 0 amide bonds. The van der Waals surface area contributed by atoms with E-state index in [0.29, 0.717) is 5.65 Å². The number of fused-ring (bicyclic) bond motifs is 1. The van der Waals surface area contributed by atoms with Crippen LogP contribution in [0.25, 0.3) is 11.0 Å². The molecule has 3 rings (SSSR count). The molecule has 0 aliphatic carbocycles. The van der Waals surface area contributed by atoms with Gasteiger partial charge in [-0.05, 0) is 11.8 Å². The number of hydrogen-bond acceptors (Lipinski definition) is 6. The maximum absolute atomic E-state index is 5.64. The molecule has 3 aromatic rings. The van der Waals surface area contributed by atoms with E-state index in [4.69, 9.17) is 5.73 Å². The molecule has 3 heterocycles. The van der Waals surface area contributed by atoms with Gasteiger partial charge in [-0.15, -0.1) is 0 Å². The number of nitrogens with zero attached hydrogens (tertiary/aromatic N) is 5. The average molecular weight is 247 g/mol. The Morgan fingerprint density at radius 3 is 3.06 bits per heavy atom. The third kappa shape index (κ3) is 1.72. The Hall–Kier alpha value is -2.09. The van der Waals surface area contributed by atoms with E-state index in [2.05, 4.69) is 25.1 Å². The van der Waals surface area contributed by atoms with Crippen molar-refractivity contribution in [1.82, 2.24) is 29.7 Å². The minimum absolute atomic E-state index is 0.221. The molecule has 0 aliphatic rings. The highest BCUT2D eigenvalue weighted by Crippen LogP contribution is 2.29. The Morgan fingerprint density at radius 2 is 2.29 bits per heavy atom. The van der Waals surface area contributed by atoms with Crippen LogP contribution in [0.15, 0.2) is 28.8 Å². The fourth-order valence-electron chi connectivity index (χ4n) is 1.44. The zero-order chi connectivity index (χ0) is 11.8. The van der Waals surface area contributed by atoms with Crippen LogP contribution < -0.4 is 5.73 Å². The predicted molar refractivity (Wildman–Crippen MR) is 63.4 cm³/mol. The first-order valence-corrected chi connectivity index (χ1v) is 5.67. The van der Waals surface area contributed by atoms with Crippen LogP contribution in [0, 0.1) is 0 Å². The van der Waals surface area contributed by atoms with Gasteiger partial charge >= 0.3 is 0 Å². The number of rotatable bonds is 2. The van der Waals surface area contributed by atoms with Gasteiger partial charge < -0.3 is 10.3 Å². The van der Waals surface area contributed by atoms with E-state index in [0.717, 1.165) is 15.6 Å². The number of aromatic amines is 1. The first-order valence-electron chi connectivity index (χ1n) is 4.86. The Morgan fingerprint density at radius 1 is 1.41 bits per heavy atom. The summed E-state index contributed by atoms with van der Waals surface area (Å²) in [6, 6.07) is 0. The van der Waals surface area contributed by atoms with E-state index < -0.39 is 0 Å². The molecule has 86 valence electrons. The SMILES string of the molecule is Cn1ccnc1Sc1nc(N)nc2[nH]ncc12. The van der Waals surface area contributed by atoms with Gasteiger partial charge in [-0.25, -0.2) is 9.97 Å². The summed E-state index contributed by atoms with van der Waals surface area (Å²) in [7, 11) is 1.92. The van der Waals surface area contributed by atoms with Crippen molar-refractivity contribution in [1.29, 1.82) is 0 Å². The molecule has 3 N–H and O–H groups in total. The normalized spacial score (nSPS) is 11.1. The molecule has 0 bridgehead atoms. The Kier molecular flexibility index (Phi) is 2.22. The van der Waals surface area contributed by atoms with Crippen molar-refractivity contribution < 1.29 is 0 Å². The maximum Gasteiger partial charge on any atom is 0.223 e. The highest BCUT2D eigenvalue weighted by atomic mass is 32.2. The van der Waals surface area contributed by atoms with Gasteiger partial charge in [-0.1, -0.05) is 0 Å². The summed E-state index contributed by atoms with van der Waals surface area (Å²) in [5.74, 6) is 0.221. The topological polar surface area (TPSA) is 98.3 Å². The molecule has 0 aliphatic heterocycles. The minimum atomic E-state index is 0.221. The smallest absolute Gasteiger partial charge is 0.223 e. The standard InChI is InChI=1S/C9H9N7S/c1-16-3-2-11-9(16)17-7-5-4-12-15-6(5)13-8(10)14-7/h2-4H,1H3,(H3,10,12,13,14,15). The Balaban J connectivity index is 2.11.